The lowest BCUT2D eigenvalue weighted by molar-refractivity contribution is -0.143. The molecule has 0 saturated carbocycles. The summed E-state index contributed by atoms with van der Waals surface area (Å²) in [5.74, 6) is -20.1. The number of nitrogens with one attached hydrogen (secondary N) is 17. The van der Waals surface area contributed by atoms with Crippen molar-refractivity contribution in [2.75, 3.05) is 25.4 Å². The van der Waals surface area contributed by atoms with Crippen LogP contribution in [-0.4, -0.2) is 260 Å². The van der Waals surface area contributed by atoms with Crippen LogP contribution in [0.3, 0.4) is 0 Å². The molecule has 32 N–H and O–H groups in total. The summed E-state index contributed by atoms with van der Waals surface area (Å²) in [5, 5.41) is 73.0. The number of aliphatic carboxylic acids is 2. The van der Waals surface area contributed by atoms with E-state index >= 15 is 0 Å². The number of imidazole rings is 1. The van der Waals surface area contributed by atoms with Gasteiger partial charge in [-0.3, -0.25) is 86.9 Å². The van der Waals surface area contributed by atoms with Crippen LogP contribution in [0.25, 0.3) is 0 Å². The highest BCUT2D eigenvalue weighted by Gasteiger charge is 2.38. The Morgan fingerprint density at radius 2 is 0.811 bits per heavy atom. The molecule has 1 aromatic rings. The maximum Gasteiger partial charge on any atom is 0.326 e. The number of guanidine groups is 1. The predicted molar refractivity (Wildman–Crippen MR) is 398 cm³/mol. The van der Waals surface area contributed by atoms with Crippen LogP contribution in [0, 0.1) is 11.3 Å². The van der Waals surface area contributed by atoms with Gasteiger partial charge in [-0.15, -0.1) is 0 Å². The van der Waals surface area contributed by atoms with Crippen LogP contribution >= 0.6 is 12.6 Å². The first-order valence-corrected chi connectivity index (χ1v) is 36.4. The van der Waals surface area contributed by atoms with E-state index < -0.39 is 241 Å². The fraction of sp³-hybridized carbons (Fsp3) is 0.662. The SMILES string of the molecule is CC(C)[C@H](NC(=O)[C@@H](N)CCCNC(=N)N)C(=O)N[C@@H](C)C(=O)N[C@@H](C)C(=O)N[C@@H](C)C(=O)N[C@@H](CCC(=O)O)C(=O)N[C@H](C(=O)N[C@@H](C)C(=O)N[C@@H](CCCCN)C(=O)N[C@@H](Cc1c[nH]cn1)C(=O)N[C@@H](CCC(N)=O)C(=O)N[C@@H](C)C(=O)N[C@@H](CCCCN)C(=O)N[C@@H](CS)C(=O)N[C@@H](CC(N)=O)C(=O)O)[C@@H](C)O. The third-order valence-corrected chi connectivity index (χ3v) is 17.0. The van der Waals surface area contributed by atoms with Gasteiger partial charge in [0.15, 0.2) is 5.96 Å². The number of aliphatic hydroxyl groups is 1. The molecule has 0 aliphatic rings. The Kier molecular flexibility index (Phi) is 44.9. The Morgan fingerprint density at radius 1 is 0.441 bits per heavy atom. The van der Waals surface area contributed by atoms with Crippen molar-refractivity contribution >= 4 is 125 Å². The quantitative estimate of drug-likeness (QED) is 0.0125. The van der Waals surface area contributed by atoms with Crippen LogP contribution in [0.2, 0.25) is 0 Å². The smallest absolute Gasteiger partial charge is 0.326 e. The summed E-state index contributed by atoms with van der Waals surface area (Å²) < 4.78 is 0. The molecule has 0 saturated heterocycles. The Bertz CT molecular complexity index is 3370. The van der Waals surface area contributed by atoms with Crippen LogP contribution in [0.5, 0.6) is 0 Å². The number of thiol groups is 1. The topological polar surface area (TPSA) is 757 Å². The molecule has 16 amide bonds. The number of carboxylic acids is 2. The molecule has 0 unspecified atom stereocenters. The number of unbranched alkanes of at least 4 members (excludes halogenated alkanes) is 2. The summed E-state index contributed by atoms with van der Waals surface area (Å²) in [6.07, 6.45) is -1.26. The second kappa shape index (κ2) is 50.8. The molecule has 46 heteroatoms. The zero-order valence-corrected chi connectivity index (χ0v) is 64.1. The summed E-state index contributed by atoms with van der Waals surface area (Å²) in [6, 6.07) is -22.7. The maximum atomic E-state index is 14.4. The number of nitrogens with two attached hydrogens (primary N) is 6. The van der Waals surface area contributed by atoms with Gasteiger partial charge in [0.1, 0.15) is 84.6 Å². The van der Waals surface area contributed by atoms with Gasteiger partial charge in [0.2, 0.25) is 94.5 Å². The highest BCUT2D eigenvalue weighted by molar-refractivity contribution is 7.80. The zero-order chi connectivity index (χ0) is 84.5. The fourth-order valence-electron chi connectivity index (χ4n) is 10.1. The number of rotatable bonds is 54. The molecule has 45 nitrogen and oxygen atoms in total. The van der Waals surface area contributed by atoms with E-state index in [1.807, 2.05) is 0 Å². The fourth-order valence-corrected chi connectivity index (χ4v) is 10.3. The van der Waals surface area contributed by atoms with Crippen molar-refractivity contribution in [1.29, 1.82) is 5.41 Å². The third-order valence-electron chi connectivity index (χ3n) is 16.6. The number of aromatic nitrogens is 2. The second-order valence-electron chi connectivity index (χ2n) is 26.6. The number of hydrogen-bond acceptors (Lipinski definition) is 25. The van der Waals surface area contributed by atoms with Crippen LogP contribution in [-0.2, 0) is 92.7 Å². The second-order valence-corrected chi connectivity index (χ2v) is 27.0. The number of amides is 16. The number of aromatic amines is 1. The van der Waals surface area contributed by atoms with Crippen molar-refractivity contribution in [1.82, 2.24) is 89.7 Å². The van der Waals surface area contributed by atoms with E-state index in [4.69, 9.17) is 39.8 Å². The van der Waals surface area contributed by atoms with Gasteiger partial charge in [-0.1, -0.05) is 13.8 Å². The van der Waals surface area contributed by atoms with E-state index in [9.17, 15) is 102 Å². The molecule has 1 aromatic heterocycles. The van der Waals surface area contributed by atoms with Crippen LogP contribution in [0.4, 0.5) is 0 Å². The highest BCUT2D eigenvalue weighted by atomic mass is 32.1. The van der Waals surface area contributed by atoms with E-state index in [-0.39, 0.29) is 75.6 Å². The zero-order valence-electron chi connectivity index (χ0n) is 63.2. The van der Waals surface area contributed by atoms with Gasteiger partial charge in [0.25, 0.3) is 0 Å². The average molecular weight is 1600 g/mol. The van der Waals surface area contributed by atoms with E-state index in [1.54, 1.807) is 13.8 Å². The van der Waals surface area contributed by atoms with E-state index in [2.05, 4.69) is 102 Å². The Balaban J connectivity index is 3.35. The number of H-pyrrole nitrogens is 1. The number of carbonyl (C=O) groups excluding carboxylic acids is 16. The van der Waals surface area contributed by atoms with E-state index in [0.29, 0.717) is 19.3 Å². The van der Waals surface area contributed by atoms with Crippen molar-refractivity contribution in [3.05, 3.63) is 18.2 Å². The molecule has 1 heterocycles. The normalized spacial score (nSPS) is 15.4. The minimum atomic E-state index is -1.93. The molecule has 0 spiro atoms. The van der Waals surface area contributed by atoms with Gasteiger partial charge < -0.3 is 134 Å². The molecule has 624 valence electrons. The molecule has 0 aromatic carbocycles. The van der Waals surface area contributed by atoms with E-state index in [0.717, 1.165) is 13.8 Å². The summed E-state index contributed by atoms with van der Waals surface area (Å²) in [7, 11) is 0. The molecule has 111 heavy (non-hydrogen) atoms. The Labute approximate surface area is 645 Å². The van der Waals surface area contributed by atoms with E-state index in [1.165, 1.54) is 40.2 Å². The van der Waals surface area contributed by atoms with Crippen molar-refractivity contribution in [3.8, 4) is 0 Å². The van der Waals surface area contributed by atoms with Crippen molar-refractivity contribution in [2.24, 2.45) is 40.3 Å². The minimum Gasteiger partial charge on any atom is -0.481 e. The monoisotopic (exact) mass is 1600 g/mol. The van der Waals surface area contributed by atoms with Gasteiger partial charge >= 0.3 is 11.9 Å². The highest BCUT2D eigenvalue weighted by Crippen LogP contribution is 2.12. The summed E-state index contributed by atoms with van der Waals surface area (Å²) in [4.78, 5) is 245. The lowest BCUT2D eigenvalue weighted by Crippen LogP contribution is -2.61. The largest absolute Gasteiger partial charge is 0.481 e. The predicted octanol–water partition coefficient (Wildman–Crippen LogP) is -10.3. The van der Waals surface area contributed by atoms with Crippen molar-refractivity contribution in [3.63, 3.8) is 0 Å². The number of hydrogen-bond donors (Lipinski definition) is 27. The standard InChI is InChI=1S/C65H112N24O21S/c1-29(2)48(88-55(100)37(68)14-13-23-74-65(71)72)62(107)79-31(4)51(96)76-30(3)50(95)77-32(5)52(97)83-41(18-20-47(93)94)59(104)89-49(35(8)90)63(108)80-34(7)54(99)81-38(15-9-11-21-66)57(102)85-42(24-36-26-73-28-75-36)60(105)84-40(17-19-45(69)91)56(101)78-33(6)53(98)82-39(16-10-12-22-67)58(103)87-44(27-111)61(106)86-43(64(109)110)25-46(70)92/h26,28-35,37-44,48-49,90,111H,9-25,27,66-68H2,1-8H3,(H2,69,91)(H2,70,92)(H,73,75)(H,76,96)(H,77,95)(H,78,101)(H,79,107)(H,80,108)(H,81,99)(H,82,98)(H,83,97)(H,84,105)(H,85,102)(H,86,106)(H,87,103)(H,88,100)(H,89,104)(H,93,94)(H,109,110)(H4,71,72,74)/t30-,31-,32-,33-,34-,35+,37-,38-,39-,40-,41-,42-,43-,44-,48-,49-/m0/s1. The molecule has 1 rings (SSSR count). The Hall–Kier alpha value is -10.9. The minimum absolute atomic E-state index is 0.0749. The van der Waals surface area contributed by atoms with Gasteiger partial charge in [0.05, 0.1) is 30.6 Å². The number of aliphatic hydroxyl groups excluding tert-OH is 1. The number of carboxylic acid groups (broad SMARTS) is 2. The molecular weight excluding hydrogens is 1480 g/mol. The molecule has 0 bridgehead atoms. The molecule has 0 fully saturated rings. The first-order chi connectivity index (χ1) is 52.0. The number of primary amides is 2. The van der Waals surface area contributed by atoms with Crippen molar-refractivity contribution < 1.29 is 102 Å². The van der Waals surface area contributed by atoms with Gasteiger partial charge in [-0.05, 0) is 125 Å². The molecule has 0 aliphatic carbocycles. The van der Waals surface area contributed by atoms with Gasteiger partial charge in [0, 0.05) is 37.8 Å². The lowest BCUT2D eigenvalue weighted by atomic mass is 10.0. The first kappa shape index (κ1) is 98.1. The number of nitrogens with zero attached hydrogens (tertiary/aromatic N) is 1. The molecule has 0 radical (unpaired) electrons. The van der Waals surface area contributed by atoms with Gasteiger partial charge in [-0.25, -0.2) is 9.78 Å². The summed E-state index contributed by atoms with van der Waals surface area (Å²) >= 11 is 4.07. The molecule has 16 atom stereocenters. The average Bonchev–Trinajstić information content (AvgIpc) is 1.71. The maximum absolute atomic E-state index is 14.4. The summed E-state index contributed by atoms with van der Waals surface area (Å²) in [5.41, 5.74) is 33.4. The van der Waals surface area contributed by atoms with Crippen molar-refractivity contribution in [2.45, 2.75) is 242 Å². The number of carbonyl (C=O) groups is 18. The van der Waals surface area contributed by atoms with Gasteiger partial charge in [-0.2, -0.15) is 12.6 Å². The third kappa shape index (κ3) is 37.9. The van der Waals surface area contributed by atoms with Crippen LogP contribution in [0.15, 0.2) is 12.5 Å². The van der Waals surface area contributed by atoms with Crippen LogP contribution < -0.4 is 114 Å². The first-order valence-electron chi connectivity index (χ1n) is 35.8. The molecule has 0 aliphatic heterocycles. The summed E-state index contributed by atoms with van der Waals surface area (Å²) in [6.45, 7) is 11.0. The molecular formula is C65H112N24O21S. The Morgan fingerprint density at radius 3 is 1.22 bits per heavy atom. The lowest BCUT2D eigenvalue weighted by Gasteiger charge is -2.28. The van der Waals surface area contributed by atoms with Crippen LogP contribution in [0.1, 0.15) is 145 Å².